The van der Waals surface area contributed by atoms with E-state index in [0.717, 1.165) is 17.0 Å². The van der Waals surface area contributed by atoms with Crippen LogP contribution in [-0.2, 0) is 9.47 Å². The maximum atomic E-state index is 14.1. The van der Waals surface area contributed by atoms with E-state index in [1.165, 1.54) is 30.5 Å². The third kappa shape index (κ3) is 4.34. The Hall–Kier alpha value is -3.15. The van der Waals surface area contributed by atoms with Crippen LogP contribution in [0.1, 0.15) is 6.23 Å². The van der Waals surface area contributed by atoms with Crippen molar-refractivity contribution in [3.8, 4) is 11.3 Å². The van der Waals surface area contributed by atoms with Gasteiger partial charge in [-0.3, -0.25) is 19.7 Å². The quantitative estimate of drug-likeness (QED) is 0.605. The number of aromatic amines is 1. The highest BCUT2D eigenvalue weighted by Crippen LogP contribution is 2.20. The molecule has 1 aliphatic rings. The largest absolute Gasteiger partial charge is 0.391 e. The number of halogens is 1. The Bertz CT molecular complexity index is 941. The van der Waals surface area contributed by atoms with Crippen molar-refractivity contribution in [1.29, 1.82) is 0 Å². The molecule has 27 heavy (non-hydrogen) atoms. The maximum absolute atomic E-state index is 14.1. The Morgan fingerprint density at radius 2 is 2.15 bits per heavy atom. The van der Waals surface area contributed by atoms with E-state index in [-0.39, 0.29) is 18.0 Å². The zero-order chi connectivity index (χ0) is 19.4. The van der Waals surface area contributed by atoms with Crippen molar-refractivity contribution in [3.63, 3.8) is 0 Å². The monoisotopic (exact) mass is 378 g/mol. The summed E-state index contributed by atoms with van der Waals surface area (Å²) in [7, 11) is 0. The molecule has 11 heteroatoms. The molecule has 1 fully saturated rings. The first-order valence-corrected chi connectivity index (χ1v) is 7.81. The van der Waals surface area contributed by atoms with E-state index in [1.807, 2.05) is 0 Å². The molecule has 0 radical (unpaired) electrons. The standard InChI is InChI=1S/C16H15FN4O6/c17-11-5-18-13(10-1-3-12(4-2-10)21(24)25)6-19-16(23)20(7-11)14-9-26-15(8-22)27-14/h1-7,14-15,22H,8-9H2,(H,19,23)/t14-,15-/m0/s1. The molecule has 1 aliphatic heterocycles. The number of H-pyrrole nitrogens is 1. The summed E-state index contributed by atoms with van der Waals surface area (Å²) in [6.45, 7) is -0.442. The summed E-state index contributed by atoms with van der Waals surface area (Å²) in [6, 6.07) is 5.42. The number of aromatic nitrogens is 3. The number of nitrogens with zero attached hydrogens (tertiary/aromatic N) is 3. The van der Waals surface area contributed by atoms with E-state index in [1.54, 1.807) is 0 Å². The van der Waals surface area contributed by atoms with E-state index in [4.69, 9.17) is 14.6 Å². The minimum Gasteiger partial charge on any atom is -0.391 e. The van der Waals surface area contributed by atoms with Crippen molar-refractivity contribution >= 4 is 5.69 Å². The molecule has 142 valence electrons. The lowest BCUT2D eigenvalue weighted by molar-refractivity contribution is -0.384. The Morgan fingerprint density at radius 1 is 1.41 bits per heavy atom. The van der Waals surface area contributed by atoms with Gasteiger partial charge in [-0.15, -0.1) is 0 Å². The predicted octanol–water partition coefficient (Wildman–Crippen LogP) is 1.27. The minimum absolute atomic E-state index is 0.0432. The van der Waals surface area contributed by atoms with Crippen LogP contribution >= 0.6 is 0 Å². The normalized spacial score (nSPS) is 18.9. The fourth-order valence-electron chi connectivity index (χ4n) is 2.41. The molecule has 0 unspecified atom stereocenters. The summed E-state index contributed by atoms with van der Waals surface area (Å²) < 4.78 is 25.5. The number of aliphatic hydroxyl groups excluding tert-OH is 1. The smallest absolute Gasteiger partial charge is 0.327 e. The number of benzene rings is 1. The van der Waals surface area contributed by atoms with Crippen LogP contribution in [-0.4, -0.2) is 44.1 Å². The summed E-state index contributed by atoms with van der Waals surface area (Å²) in [5.41, 5.74) is -0.175. The number of hydrogen-bond acceptors (Lipinski definition) is 7. The summed E-state index contributed by atoms with van der Waals surface area (Å²) >= 11 is 0. The fourth-order valence-corrected chi connectivity index (χ4v) is 2.41. The highest BCUT2D eigenvalue weighted by molar-refractivity contribution is 5.59. The zero-order valence-corrected chi connectivity index (χ0v) is 13.8. The Kier molecular flexibility index (Phi) is 5.54. The molecule has 2 atom stereocenters. The first-order chi connectivity index (χ1) is 13.0. The van der Waals surface area contributed by atoms with Gasteiger partial charge in [0.25, 0.3) is 5.69 Å². The lowest BCUT2D eigenvalue weighted by Gasteiger charge is -2.10. The van der Waals surface area contributed by atoms with Crippen LogP contribution in [0, 0.1) is 15.9 Å². The van der Waals surface area contributed by atoms with Gasteiger partial charge >= 0.3 is 5.69 Å². The van der Waals surface area contributed by atoms with Gasteiger partial charge in [-0.2, -0.15) is 0 Å². The summed E-state index contributed by atoms with van der Waals surface area (Å²) in [5.74, 6) is -0.823. The molecule has 1 aromatic carbocycles. The first-order valence-electron chi connectivity index (χ1n) is 7.81. The van der Waals surface area contributed by atoms with Crippen LogP contribution in [0.25, 0.3) is 11.3 Å². The van der Waals surface area contributed by atoms with Crippen LogP contribution in [0.15, 0.2) is 47.7 Å². The molecule has 0 aliphatic carbocycles. The molecule has 1 saturated heterocycles. The zero-order valence-electron chi connectivity index (χ0n) is 13.8. The Labute approximate surface area is 151 Å². The number of nitro groups is 1. The Morgan fingerprint density at radius 3 is 2.78 bits per heavy atom. The van der Waals surface area contributed by atoms with Gasteiger partial charge in [0.1, 0.15) is 0 Å². The Balaban J connectivity index is 2.02. The molecule has 0 saturated carbocycles. The molecule has 0 amide bonds. The van der Waals surface area contributed by atoms with E-state index in [2.05, 4.69) is 9.97 Å². The minimum atomic E-state index is -0.921. The SMILES string of the molecule is O=c1[nH]cc(-c2ccc([N+](=O)[O-])cc2)ncc(F)cn1[C@@H]1CO[C@H](CO)O1. The van der Waals surface area contributed by atoms with E-state index in [0.29, 0.717) is 5.56 Å². The molecule has 1 aromatic heterocycles. The fraction of sp³-hybridized carbons (Fsp3) is 0.250. The van der Waals surface area contributed by atoms with Crippen molar-refractivity contribution in [1.82, 2.24) is 14.5 Å². The van der Waals surface area contributed by atoms with Gasteiger partial charge in [0, 0.05) is 30.1 Å². The van der Waals surface area contributed by atoms with Gasteiger partial charge in [-0.05, 0) is 12.1 Å². The second-order valence-corrected chi connectivity index (χ2v) is 5.50. The van der Waals surface area contributed by atoms with Gasteiger partial charge in [0.05, 0.1) is 30.0 Å². The first kappa shape index (κ1) is 18.6. The summed E-state index contributed by atoms with van der Waals surface area (Å²) in [4.78, 5) is 29.0. The topological polar surface area (TPSA) is 133 Å². The van der Waals surface area contributed by atoms with Crippen molar-refractivity contribution in [2.45, 2.75) is 12.5 Å². The number of hydrogen-bond donors (Lipinski definition) is 2. The molecule has 2 aromatic rings. The van der Waals surface area contributed by atoms with Crippen molar-refractivity contribution < 1.29 is 23.9 Å². The number of aliphatic hydroxyl groups is 1. The molecule has 3 rings (SSSR count). The van der Waals surface area contributed by atoms with E-state index < -0.39 is 35.6 Å². The molecule has 0 spiro atoms. The number of nitro benzene ring substituents is 1. The second kappa shape index (κ2) is 8.03. The summed E-state index contributed by atoms with van der Waals surface area (Å²) in [6.07, 6.45) is 1.24. The average Bonchev–Trinajstić information content (AvgIpc) is 3.16. The molecule has 0 bridgehead atoms. The maximum Gasteiger partial charge on any atom is 0.327 e. The molecular formula is C16H15FN4O6. The van der Waals surface area contributed by atoms with E-state index >= 15 is 0 Å². The van der Waals surface area contributed by atoms with Crippen LogP contribution in [0.2, 0.25) is 0 Å². The highest BCUT2D eigenvalue weighted by Gasteiger charge is 2.27. The number of ether oxygens (including phenoxy) is 2. The second-order valence-electron chi connectivity index (χ2n) is 5.50. The third-order valence-electron chi connectivity index (χ3n) is 3.72. The van der Waals surface area contributed by atoms with Gasteiger partial charge in [0.15, 0.2) is 18.3 Å². The van der Waals surface area contributed by atoms with Crippen molar-refractivity contribution in [3.05, 3.63) is 69.3 Å². The molecule has 10 nitrogen and oxygen atoms in total. The van der Waals surface area contributed by atoms with Crippen LogP contribution in [0.4, 0.5) is 10.1 Å². The van der Waals surface area contributed by atoms with Crippen LogP contribution < -0.4 is 5.69 Å². The van der Waals surface area contributed by atoms with Crippen LogP contribution in [0.5, 0.6) is 0 Å². The van der Waals surface area contributed by atoms with Crippen molar-refractivity contribution in [2.24, 2.45) is 0 Å². The molecule has 2 N–H and O–H groups in total. The van der Waals surface area contributed by atoms with E-state index in [9.17, 15) is 19.3 Å². The van der Waals surface area contributed by atoms with Crippen LogP contribution in [0.3, 0.4) is 0 Å². The average molecular weight is 378 g/mol. The number of non-ortho nitro benzene ring substituents is 1. The molecular weight excluding hydrogens is 363 g/mol. The van der Waals surface area contributed by atoms with Gasteiger partial charge < -0.3 is 19.6 Å². The lowest BCUT2D eigenvalue weighted by Crippen LogP contribution is -2.27. The van der Waals surface area contributed by atoms with Gasteiger partial charge in [0.2, 0.25) is 0 Å². The van der Waals surface area contributed by atoms with Crippen molar-refractivity contribution in [2.75, 3.05) is 13.2 Å². The highest BCUT2D eigenvalue weighted by atomic mass is 19.1. The third-order valence-corrected chi connectivity index (χ3v) is 3.72. The lowest BCUT2D eigenvalue weighted by atomic mass is 10.1. The summed E-state index contributed by atoms with van der Waals surface area (Å²) in [5, 5.41) is 19.8. The number of nitrogens with one attached hydrogen (secondary N) is 1. The predicted molar refractivity (Wildman–Crippen MR) is 89.5 cm³/mol. The van der Waals surface area contributed by atoms with Gasteiger partial charge in [-0.25, -0.2) is 9.18 Å². The molecule has 2 heterocycles. The number of rotatable bonds is 4. The van der Waals surface area contributed by atoms with Gasteiger partial charge in [-0.1, -0.05) is 0 Å².